The Kier molecular flexibility index (Phi) is 5.31. The molecule has 0 aliphatic rings. The van der Waals surface area contributed by atoms with Crippen molar-refractivity contribution in [3.05, 3.63) is 83.8 Å². The van der Waals surface area contributed by atoms with Crippen molar-refractivity contribution in [1.82, 2.24) is 4.57 Å². The van der Waals surface area contributed by atoms with Gasteiger partial charge in [0.25, 0.3) is 5.56 Å². The zero-order chi connectivity index (χ0) is 20.4. The van der Waals surface area contributed by atoms with E-state index >= 15 is 0 Å². The summed E-state index contributed by atoms with van der Waals surface area (Å²) in [6.07, 6.45) is 1.83. The van der Waals surface area contributed by atoms with Gasteiger partial charge >= 0.3 is 0 Å². The lowest BCUT2D eigenvalue weighted by atomic mass is 10.1. The first-order chi connectivity index (χ1) is 13.3. The molecular formula is C23H19N3OS. The Labute approximate surface area is 167 Å². The monoisotopic (exact) mass is 385 g/mol. The summed E-state index contributed by atoms with van der Waals surface area (Å²) in [6.45, 7) is 7.92. The minimum atomic E-state index is -0.227. The smallest absolute Gasteiger partial charge is 0.267 e. The Morgan fingerprint density at radius 1 is 0.964 bits per heavy atom. The van der Waals surface area contributed by atoms with Gasteiger partial charge in [-0.2, -0.15) is 10.5 Å². The quantitative estimate of drug-likeness (QED) is 0.680. The second-order valence-corrected chi connectivity index (χ2v) is 7.84. The van der Waals surface area contributed by atoms with Crippen LogP contribution in [0.4, 0.5) is 0 Å². The van der Waals surface area contributed by atoms with Crippen LogP contribution in [0.2, 0.25) is 0 Å². The number of rotatable bonds is 2. The predicted octanol–water partition coefficient (Wildman–Crippen LogP) is 3.16. The largest absolute Gasteiger partial charge is 0.273 e. The predicted molar refractivity (Wildman–Crippen MR) is 113 cm³/mol. The molecule has 0 fully saturated rings. The Balaban J connectivity index is 2.43. The zero-order valence-corrected chi connectivity index (χ0v) is 17.0. The van der Waals surface area contributed by atoms with Crippen LogP contribution in [-0.2, 0) is 0 Å². The molecule has 3 aromatic rings. The fraction of sp³-hybridized carbons (Fsp3) is 0.174. The third-order valence-corrected chi connectivity index (χ3v) is 5.66. The summed E-state index contributed by atoms with van der Waals surface area (Å²) in [7, 11) is 0. The average molecular weight is 385 g/mol. The van der Waals surface area contributed by atoms with E-state index in [1.807, 2.05) is 76.2 Å². The van der Waals surface area contributed by atoms with E-state index in [-0.39, 0.29) is 11.1 Å². The highest BCUT2D eigenvalue weighted by molar-refractivity contribution is 7.07. The van der Waals surface area contributed by atoms with Crippen molar-refractivity contribution in [2.45, 2.75) is 27.7 Å². The van der Waals surface area contributed by atoms with Gasteiger partial charge in [-0.1, -0.05) is 41.5 Å². The van der Waals surface area contributed by atoms with E-state index in [1.54, 1.807) is 0 Å². The fourth-order valence-corrected chi connectivity index (χ4v) is 4.21. The van der Waals surface area contributed by atoms with Crippen LogP contribution in [0, 0.1) is 50.4 Å². The summed E-state index contributed by atoms with van der Waals surface area (Å²) in [6, 6.07) is 15.6. The number of aromatic nitrogens is 1. The summed E-state index contributed by atoms with van der Waals surface area (Å²) in [5.74, 6) is 0. The molecule has 0 N–H and O–H groups in total. The third-order valence-electron chi connectivity index (χ3n) is 4.57. The molecule has 0 spiro atoms. The van der Waals surface area contributed by atoms with E-state index in [1.165, 1.54) is 15.9 Å². The van der Waals surface area contributed by atoms with Crippen molar-refractivity contribution in [3.8, 4) is 17.8 Å². The maximum Gasteiger partial charge on any atom is 0.273 e. The summed E-state index contributed by atoms with van der Waals surface area (Å²) in [5.41, 5.74) is 5.55. The highest BCUT2D eigenvalue weighted by Crippen LogP contribution is 2.14. The van der Waals surface area contributed by atoms with Crippen LogP contribution in [0.25, 0.3) is 17.3 Å². The summed E-state index contributed by atoms with van der Waals surface area (Å²) >= 11 is 1.17. The summed E-state index contributed by atoms with van der Waals surface area (Å²) in [5, 5.41) is 18.8. The van der Waals surface area contributed by atoms with Crippen molar-refractivity contribution < 1.29 is 0 Å². The molecule has 1 aromatic heterocycles. The van der Waals surface area contributed by atoms with Crippen LogP contribution in [0.5, 0.6) is 0 Å². The van der Waals surface area contributed by atoms with Crippen LogP contribution < -0.4 is 14.8 Å². The van der Waals surface area contributed by atoms with E-state index in [9.17, 15) is 15.3 Å². The molecule has 0 aliphatic heterocycles. The molecule has 3 rings (SSSR count). The van der Waals surface area contributed by atoms with Gasteiger partial charge in [-0.3, -0.25) is 9.36 Å². The lowest BCUT2D eigenvalue weighted by Crippen LogP contribution is -2.31. The number of benzene rings is 2. The van der Waals surface area contributed by atoms with Gasteiger partial charge in [0.05, 0.1) is 10.2 Å². The maximum absolute atomic E-state index is 13.3. The lowest BCUT2D eigenvalue weighted by Gasteiger charge is -2.07. The highest BCUT2D eigenvalue weighted by atomic mass is 32.1. The Morgan fingerprint density at radius 2 is 1.57 bits per heavy atom. The number of nitriles is 2. The van der Waals surface area contributed by atoms with Gasteiger partial charge in [0.2, 0.25) is 0 Å². The fourth-order valence-electron chi connectivity index (χ4n) is 3.17. The van der Waals surface area contributed by atoms with Crippen molar-refractivity contribution in [2.75, 3.05) is 0 Å². The van der Waals surface area contributed by atoms with E-state index in [0.29, 0.717) is 14.9 Å². The van der Waals surface area contributed by atoms with Crippen LogP contribution in [0.15, 0.2) is 41.2 Å². The molecule has 138 valence electrons. The summed E-state index contributed by atoms with van der Waals surface area (Å²) in [4.78, 5) is 13.3. The minimum absolute atomic E-state index is 0.0673. The molecule has 2 aromatic carbocycles. The van der Waals surface area contributed by atoms with Crippen LogP contribution >= 0.6 is 11.3 Å². The Bertz CT molecular complexity index is 1330. The molecule has 0 bridgehead atoms. The molecule has 4 nitrogen and oxygen atoms in total. The van der Waals surface area contributed by atoms with Crippen molar-refractivity contribution >= 4 is 23.0 Å². The first-order valence-electron chi connectivity index (χ1n) is 8.78. The molecule has 0 saturated carbocycles. The van der Waals surface area contributed by atoms with Gasteiger partial charge in [0.15, 0.2) is 5.57 Å². The molecule has 5 heteroatoms. The Hall–Kier alpha value is -3.41. The van der Waals surface area contributed by atoms with E-state index in [0.717, 1.165) is 27.8 Å². The number of hydrogen-bond donors (Lipinski definition) is 0. The zero-order valence-electron chi connectivity index (χ0n) is 16.2. The Morgan fingerprint density at radius 3 is 2.14 bits per heavy atom. The second-order valence-electron chi connectivity index (χ2n) is 6.80. The number of thiazole rings is 1. The van der Waals surface area contributed by atoms with Crippen LogP contribution in [-0.4, -0.2) is 4.57 Å². The van der Waals surface area contributed by atoms with Crippen LogP contribution in [0.3, 0.4) is 0 Å². The van der Waals surface area contributed by atoms with E-state index in [4.69, 9.17) is 0 Å². The summed E-state index contributed by atoms with van der Waals surface area (Å²) < 4.78 is 2.33. The standard InChI is InChI=1S/C23H19N3OS/c1-14-5-7-18(16(3)9-14)11-21-22(27)26(23(28-21)19(12-24)13-25)20-8-6-15(2)10-17(20)4/h5-11H,1-4H3/b21-11-. The van der Waals surface area contributed by atoms with Gasteiger partial charge in [-0.25, -0.2) is 0 Å². The van der Waals surface area contributed by atoms with Gasteiger partial charge in [0.1, 0.15) is 16.8 Å². The molecule has 0 aliphatic carbocycles. The van der Waals surface area contributed by atoms with Gasteiger partial charge in [0, 0.05) is 0 Å². The van der Waals surface area contributed by atoms with Gasteiger partial charge in [-0.15, -0.1) is 11.3 Å². The first kappa shape index (κ1) is 19.4. The number of hydrogen-bond acceptors (Lipinski definition) is 4. The number of nitrogens with zero attached hydrogens (tertiary/aromatic N) is 3. The molecule has 0 amide bonds. The van der Waals surface area contributed by atoms with Crippen molar-refractivity contribution in [3.63, 3.8) is 0 Å². The number of aryl methyl sites for hydroxylation is 4. The van der Waals surface area contributed by atoms with Gasteiger partial charge in [-0.05, 0) is 56.5 Å². The first-order valence-corrected chi connectivity index (χ1v) is 9.60. The van der Waals surface area contributed by atoms with Crippen molar-refractivity contribution in [2.24, 2.45) is 0 Å². The second kappa shape index (κ2) is 7.68. The molecule has 1 heterocycles. The topological polar surface area (TPSA) is 69.6 Å². The van der Waals surface area contributed by atoms with E-state index < -0.39 is 0 Å². The lowest BCUT2D eigenvalue weighted by molar-refractivity contribution is 0.973. The molecular weight excluding hydrogens is 366 g/mol. The molecule has 0 radical (unpaired) electrons. The molecule has 0 saturated heterocycles. The normalized spacial score (nSPS) is 11.1. The van der Waals surface area contributed by atoms with Crippen LogP contribution in [0.1, 0.15) is 27.8 Å². The highest BCUT2D eigenvalue weighted by Gasteiger charge is 2.13. The van der Waals surface area contributed by atoms with Crippen molar-refractivity contribution in [1.29, 1.82) is 10.5 Å². The maximum atomic E-state index is 13.3. The SMILES string of the molecule is Cc1ccc(/C=c2\sc(=C(C#N)C#N)n(-c3ccc(C)cc3C)c2=O)c(C)c1. The molecule has 0 atom stereocenters. The molecule has 0 unspecified atom stereocenters. The minimum Gasteiger partial charge on any atom is -0.267 e. The van der Waals surface area contributed by atoms with Gasteiger partial charge < -0.3 is 0 Å². The average Bonchev–Trinajstić information content (AvgIpc) is 2.95. The third kappa shape index (κ3) is 3.53. The van der Waals surface area contributed by atoms with E-state index in [2.05, 4.69) is 6.07 Å². The molecule has 28 heavy (non-hydrogen) atoms.